The number of hydrogen-bond acceptors (Lipinski definition) is 2. The van der Waals surface area contributed by atoms with Gasteiger partial charge in [0.1, 0.15) is 5.69 Å². The minimum atomic E-state index is 0. The Labute approximate surface area is 116 Å². The summed E-state index contributed by atoms with van der Waals surface area (Å²) in [7, 11) is 1.89. The van der Waals surface area contributed by atoms with E-state index in [9.17, 15) is 4.79 Å². The molecule has 2 heterocycles. The van der Waals surface area contributed by atoms with Crippen LogP contribution in [-0.4, -0.2) is 41.1 Å². The Morgan fingerprint density at radius 3 is 2.82 bits per heavy atom. The van der Waals surface area contributed by atoms with E-state index in [2.05, 4.69) is 28.2 Å². The number of carbonyl (C=O) groups excluding carboxylic acids is 1. The third kappa shape index (κ3) is 3.03. The minimum Gasteiger partial charge on any atom is -0.345 e. The van der Waals surface area contributed by atoms with E-state index in [-0.39, 0.29) is 24.4 Å². The van der Waals surface area contributed by atoms with E-state index in [0.717, 1.165) is 29.8 Å². The van der Waals surface area contributed by atoms with Crippen LogP contribution < -0.4 is 5.32 Å². The molecule has 1 fully saturated rings. The van der Waals surface area contributed by atoms with Crippen molar-refractivity contribution in [2.75, 3.05) is 19.6 Å². The molecule has 1 aliphatic heterocycles. The molecule has 4 nitrogen and oxygen atoms in total. The van der Waals surface area contributed by atoms with E-state index >= 15 is 0 Å². The van der Waals surface area contributed by atoms with Crippen LogP contribution in [0.3, 0.4) is 0 Å². The molecule has 1 atom stereocenters. The Balaban J connectivity index is 0.00000144. The highest BCUT2D eigenvalue weighted by Crippen LogP contribution is 2.17. The summed E-state index contributed by atoms with van der Waals surface area (Å²) in [5, 5.41) is 3.28. The van der Waals surface area contributed by atoms with Crippen LogP contribution in [0.5, 0.6) is 0 Å². The van der Waals surface area contributed by atoms with Crippen molar-refractivity contribution < 1.29 is 4.79 Å². The summed E-state index contributed by atoms with van der Waals surface area (Å²) in [4.78, 5) is 14.2. The second-order valence-corrected chi connectivity index (χ2v) is 5.12. The second-order valence-electron chi connectivity index (χ2n) is 4.21. The molecule has 1 amide bonds. The lowest BCUT2D eigenvalue weighted by molar-refractivity contribution is 0.0646. The topological polar surface area (TPSA) is 37.3 Å². The van der Waals surface area contributed by atoms with E-state index < -0.39 is 0 Å². The Hall–Kier alpha value is -0.520. The highest BCUT2D eigenvalue weighted by atomic mass is 79.9. The molecule has 0 aromatic carbocycles. The van der Waals surface area contributed by atoms with Crippen molar-refractivity contribution in [3.63, 3.8) is 0 Å². The molecule has 0 aliphatic carbocycles. The molecule has 0 unspecified atom stereocenters. The fourth-order valence-corrected chi connectivity index (χ4v) is 2.55. The summed E-state index contributed by atoms with van der Waals surface area (Å²) in [6.45, 7) is 4.60. The first kappa shape index (κ1) is 14.5. The maximum absolute atomic E-state index is 12.3. The van der Waals surface area contributed by atoms with Gasteiger partial charge in [-0.3, -0.25) is 4.79 Å². The molecule has 6 heteroatoms. The lowest BCUT2D eigenvalue weighted by Crippen LogP contribution is -2.52. The molecule has 1 saturated heterocycles. The van der Waals surface area contributed by atoms with Crippen molar-refractivity contribution in [2.45, 2.75) is 13.0 Å². The number of aromatic nitrogens is 1. The molecular formula is C11H17BrClN3O. The highest BCUT2D eigenvalue weighted by Gasteiger charge is 2.25. The standard InChI is InChI=1S/C11H16BrN3O.ClH/c1-8-6-13-3-4-15(8)11(16)10-5-9(12)7-14(10)2;/h5,7-8,13H,3-4,6H2,1-2H3;1H/t8-;/m1./s1. The van der Waals surface area contributed by atoms with Gasteiger partial charge in [0.15, 0.2) is 0 Å². The summed E-state index contributed by atoms with van der Waals surface area (Å²) in [6, 6.07) is 2.13. The van der Waals surface area contributed by atoms with Gasteiger partial charge in [-0.1, -0.05) is 0 Å². The van der Waals surface area contributed by atoms with Crippen LogP contribution in [0.4, 0.5) is 0 Å². The third-order valence-electron chi connectivity index (χ3n) is 2.95. The van der Waals surface area contributed by atoms with Crippen LogP contribution >= 0.6 is 28.3 Å². The summed E-state index contributed by atoms with van der Waals surface area (Å²) < 4.78 is 2.81. The predicted octanol–water partition coefficient (Wildman–Crippen LogP) is 1.64. The number of halogens is 2. The number of hydrogen-bond donors (Lipinski definition) is 1. The maximum atomic E-state index is 12.3. The van der Waals surface area contributed by atoms with Crippen LogP contribution in [-0.2, 0) is 7.05 Å². The normalized spacial score (nSPS) is 19.9. The largest absolute Gasteiger partial charge is 0.345 e. The van der Waals surface area contributed by atoms with E-state index in [4.69, 9.17) is 0 Å². The van der Waals surface area contributed by atoms with Crippen molar-refractivity contribution in [2.24, 2.45) is 7.05 Å². The SMILES string of the molecule is C[C@@H]1CNCCN1C(=O)c1cc(Br)cn1C.Cl. The van der Waals surface area contributed by atoms with Crippen LogP contribution in [0.2, 0.25) is 0 Å². The molecule has 0 saturated carbocycles. The van der Waals surface area contributed by atoms with E-state index in [0.29, 0.717) is 0 Å². The van der Waals surface area contributed by atoms with Gasteiger partial charge in [0.2, 0.25) is 0 Å². The smallest absolute Gasteiger partial charge is 0.270 e. The maximum Gasteiger partial charge on any atom is 0.270 e. The molecule has 1 aromatic rings. The second kappa shape index (κ2) is 5.89. The third-order valence-corrected chi connectivity index (χ3v) is 3.39. The zero-order valence-electron chi connectivity index (χ0n) is 9.94. The zero-order valence-corrected chi connectivity index (χ0v) is 12.3. The number of aryl methyl sites for hydroxylation is 1. The van der Waals surface area contributed by atoms with Crippen LogP contribution in [0.15, 0.2) is 16.7 Å². The van der Waals surface area contributed by atoms with Gasteiger partial charge < -0.3 is 14.8 Å². The van der Waals surface area contributed by atoms with Crippen molar-refractivity contribution in [3.8, 4) is 0 Å². The minimum absolute atomic E-state index is 0. The van der Waals surface area contributed by atoms with Gasteiger partial charge in [0.05, 0.1) is 0 Å². The molecule has 17 heavy (non-hydrogen) atoms. The first-order valence-electron chi connectivity index (χ1n) is 5.43. The lowest BCUT2D eigenvalue weighted by Gasteiger charge is -2.34. The quantitative estimate of drug-likeness (QED) is 0.853. The Morgan fingerprint density at radius 2 is 2.29 bits per heavy atom. The molecule has 1 aliphatic rings. The Bertz CT molecular complexity index is 407. The average molecular weight is 323 g/mol. The summed E-state index contributed by atoms with van der Waals surface area (Å²) in [5.74, 6) is 0.113. The van der Waals surface area contributed by atoms with E-state index in [1.165, 1.54) is 0 Å². The molecule has 0 spiro atoms. The van der Waals surface area contributed by atoms with Gasteiger partial charge in [-0.05, 0) is 28.9 Å². The molecule has 0 bridgehead atoms. The molecule has 1 N–H and O–H groups in total. The molecule has 1 aromatic heterocycles. The Morgan fingerprint density at radius 1 is 1.59 bits per heavy atom. The molecule has 0 radical (unpaired) electrons. The lowest BCUT2D eigenvalue weighted by atomic mass is 10.2. The molecule has 96 valence electrons. The van der Waals surface area contributed by atoms with Crippen molar-refractivity contribution >= 4 is 34.2 Å². The highest BCUT2D eigenvalue weighted by molar-refractivity contribution is 9.10. The zero-order chi connectivity index (χ0) is 11.7. The molecule has 2 rings (SSSR count). The summed E-state index contributed by atoms with van der Waals surface area (Å²) >= 11 is 3.39. The van der Waals surface area contributed by atoms with Gasteiger partial charge in [-0.15, -0.1) is 12.4 Å². The van der Waals surface area contributed by atoms with Crippen LogP contribution in [0, 0.1) is 0 Å². The summed E-state index contributed by atoms with van der Waals surface area (Å²) in [6.07, 6.45) is 1.90. The predicted molar refractivity (Wildman–Crippen MR) is 73.7 cm³/mol. The number of amides is 1. The van der Waals surface area contributed by atoms with E-state index in [1.807, 2.05) is 28.8 Å². The van der Waals surface area contributed by atoms with Gasteiger partial charge in [0, 0.05) is 43.4 Å². The number of carbonyl (C=O) groups is 1. The number of rotatable bonds is 1. The van der Waals surface area contributed by atoms with Crippen molar-refractivity contribution in [1.29, 1.82) is 0 Å². The average Bonchev–Trinajstić information content (AvgIpc) is 2.58. The fraction of sp³-hybridized carbons (Fsp3) is 0.545. The monoisotopic (exact) mass is 321 g/mol. The first-order chi connectivity index (χ1) is 7.59. The van der Waals surface area contributed by atoms with Crippen LogP contribution in [0.25, 0.3) is 0 Å². The Kier molecular flexibility index (Phi) is 5.04. The number of nitrogens with one attached hydrogen (secondary N) is 1. The summed E-state index contributed by atoms with van der Waals surface area (Å²) in [5.41, 5.74) is 0.737. The van der Waals surface area contributed by atoms with E-state index in [1.54, 1.807) is 0 Å². The van der Waals surface area contributed by atoms with Crippen LogP contribution in [0.1, 0.15) is 17.4 Å². The van der Waals surface area contributed by atoms with Gasteiger partial charge in [0.25, 0.3) is 5.91 Å². The fourth-order valence-electron chi connectivity index (χ4n) is 2.03. The van der Waals surface area contributed by atoms with Crippen molar-refractivity contribution in [3.05, 3.63) is 22.4 Å². The van der Waals surface area contributed by atoms with Gasteiger partial charge in [-0.2, -0.15) is 0 Å². The van der Waals surface area contributed by atoms with Gasteiger partial charge in [-0.25, -0.2) is 0 Å². The van der Waals surface area contributed by atoms with Gasteiger partial charge >= 0.3 is 0 Å². The number of piperazine rings is 1. The molecular weight excluding hydrogens is 305 g/mol. The van der Waals surface area contributed by atoms with Crippen molar-refractivity contribution in [1.82, 2.24) is 14.8 Å². The number of nitrogens with zero attached hydrogens (tertiary/aromatic N) is 2. The first-order valence-corrected chi connectivity index (χ1v) is 6.22.